The molecule has 0 spiro atoms. The van der Waals surface area contributed by atoms with Crippen LogP contribution in [0.5, 0.6) is 0 Å². The average Bonchev–Trinajstić information content (AvgIpc) is 2.80. The first-order valence-corrected chi connectivity index (χ1v) is 6.12. The number of hydrogen-bond acceptors (Lipinski definition) is 4. The Bertz CT molecular complexity index is 291. The van der Waals surface area contributed by atoms with Crippen LogP contribution >= 0.6 is 0 Å². The minimum Gasteiger partial charge on any atom is -0.379 e. The highest BCUT2D eigenvalue weighted by molar-refractivity contribution is 5.86. The lowest BCUT2D eigenvalue weighted by atomic mass is 10.3. The minimum atomic E-state index is 0.157. The predicted octanol–water partition coefficient (Wildman–Crippen LogP) is -1.27. The number of nitrogens with zero attached hydrogens (tertiary/aromatic N) is 2. The molecule has 0 aromatic heterocycles. The molecule has 16 heavy (non-hydrogen) atoms. The van der Waals surface area contributed by atoms with Gasteiger partial charge in [-0.15, -0.1) is 0 Å². The van der Waals surface area contributed by atoms with Crippen LogP contribution in [-0.2, 0) is 9.53 Å². The standard InChI is InChI=1S/C11H19N3O2/c12-10-8-7-14(11(15)9(8)10)2-1-13-3-5-16-6-4-13/h8-10H,1-7,12H2. The summed E-state index contributed by atoms with van der Waals surface area (Å²) in [5, 5.41) is 0. The third-order valence-corrected chi connectivity index (χ3v) is 4.05. The van der Waals surface area contributed by atoms with Gasteiger partial charge >= 0.3 is 0 Å². The molecule has 90 valence electrons. The van der Waals surface area contributed by atoms with Crippen molar-refractivity contribution in [1.82, 2.24) is 9.80 Å². The van der Waals surface area contributed by atoms with E-state index in [0.29, 0.717) is 5.92 Å². The van der Waals surface area contributed by atoms with E-state index >= 15 is 0 Å². The highest BCUT2D eigenvalue weighted by Crippen LogP contribution is 2.44. The summed E-state index contributed by atoms with van der Waals surface area (Å²) in [6, 6.07) is 0.159. The fourth-order valence-electron chi connectivity index (χ4n) is 2.83. The summed E-state index contributed by atoms with van der Waals surface area (Å²) >= 11 is 0. The molecule has 3 fully saturated rings. The van der Waals surface area contributed by atoms with Crippen LogP contribution in [0.1, 0.15) is 0 Å². The van der Waals surface area contributed by atoms with Gasteiger partial charge in [-0.25, -0.2) is 0 Å². The highest BCUT2D eigenvalue weighted by atomic mass is 16.5. The van der Waals surface area contributed by atoms with Gasteiger partial charge in [0, 0.05) is 44.7 Å². The molecule has 1 amide bonds. The number of fused-ring (bicyclic) bond motifs is 1. The third kappa shape index (κ3) is 1.73. The van der Waals surface area contributed by atoms with E-state index in [1.165, 1.54) is 0 Å². The Morgan fingerprint density at radius 1 is 1.31 bits per heavy atom. The topological polar surface area (TPSA) is 58.8 Å². The van der Waals surface area contributed by atoms with Gasteiger partial charge < -0.3 is 15.4 Å². The van der Waals surface area contributed by atoms with Crippen molar-refractivity contribution in [3.63, 3.8) is 0 Å². The van der Waals surface area contributed by atoms with Gasteiger partial charge in [-0.1, -0.05) is 0 Å². The van der Waals surface area contributed by atoms with Gasteiger partial charge in [-0.2, -0.15) is 0 Å². The number of carbonyl (C=O) groups excluding carboxylic acids is 1. The van der Waals surface area contributed by atoms with Crippen molar-refractivity contribution in [3.05, 3.63) is 0 Å². The number of piperidine rings is 1. The Balaban J connectivity index is 1.44. The molecule has 2 N–H and O–H groups in total. The lowest BCUT2D eigenvalue weighted by Crippen LogP contribution is -2.43. The number of nitrogens with two attached hydrogens (primary N) is 1. The average molecular weight is 225 g/mol. The van der Waals surface area contributed by atoms with Crippen LogP contribution in [0.25, 0.3) is 0 Å². The molecule has 0 aromatic rings. The van der Waals surface area contributed by atoms with Gasteiger partial charge in [0.2, 0.25) is 5.91 Å². The van der Waals surface area contributed by atoms with E-state index in [0.717, 1.165) is 45.9 Å². The first-order valence-electron chi connectivity index (χ1n) is 6.12. The zero-order valence-electron chi connectivity index (χ0n) is 9.47. The molecule has 2 heterocycles. The molecule has 3 aliphatic rings. The lowest BCUT2D eigenvalue weighted by Gasteiger charge is -2.29. The van der Waals surface area contributed by atoms with Gasteiger partial charge in [0.1, 0.15) is 0 Å². The SMILES string of the molecule is NC1C2CN(CCN3CCOCC3)C(=O)C12. The fraction of sp³-hybridized carbons (Fsp3) is 0.909. The summed E-state index contributed by atoms with van der Waals surface area (Å²) in [5.41, 5.74) is 5.79. The van der Waals surface area contributed by atoms with E-state index in [4.69, 9.17) is 10.5 Å². The van der Waals surface area contributed by atoms with E-state index in [2.05, 4.69) is 4.90 Å². The zero-order valence-corrected chi connectivity index (χ0v) is 9.47. The van der Waals surface area contributed by atoms with Gasteiger partial charge in [0.15, 0.2) is 0 Å². The molecule has 0 bridgehead atoms. The zero-order chi connectivity index (χ0) is 11.1. The number of hydrogen-bond donors (Lipinski definition) is 1. The summed E-state index contributed by atoms with van der Waals surface area (Å²) in [6.45, 7) is 6.36. The Hall–Kier alpha value is -0.650. The van der Waals surface area contributed by atoms with Gasteiger partial charge in [-0.05, 0) is 0 Å². The number of morpholine rings is 1. The van der Waals surface area contributed by atoms with Crippen molar-refractivity contribution >= 4 is 5.91 Å². The first kappa shape index (κ1) is 10.5. The lowest BCUT2D eigenvalue weighted by molar-refractivity contribution is -0.130. The molecule has 1 aliphatic carbocycles. The van der Waals surface area contributed by atoms with Gasteiger partial charge in [-0.3, -0.25) is 9.69 Å². The van der Waals surface area contributed by atoms with E-state index in [9.17, 15) is 4.79 Å². The monoisotopic (exact) mass is 225 g/mol. The maximum Gasteiger partial charge on any atom is 0.227 e. The van der Waals surface area contributed by atoms with Crippen LogP contribution in [0, 0.1) is 11.8 Å². The quantitative estimate of drug-likeness (QED) is 0.651. The summed E-state index contributed by atoms with van der Waals surface area (Å²) in [6.07, 6.45) is 0. The van der Waals surface area contributed by atoms with E-state index in [1.807, 2.05) is 4.90 Å². The molecule has 5 heteroatoms. The Morgan fingerprint density at radius 2 is 2.06 bits per heavy atom. The van der Waals surface area contributed by atoms with Crippen molar-refractivity contribution < 1.29 is 9.53 Å². The normalized spacial score (nSPS) is 38.9. The van der Waals surface area contributed by atoms with E-state index < -0.39 is 0 Å². The highest BCUT2D eigenvalue weighted by Gasteiger charge is 2.59. The molecular weight excluding hydrogens is 206 g/mol. The molecule has 0 aromatic carbocycles. The molecule has 2 aliphatic heterocycles. The molecule has 5 nitrogen and oxygen atoms in total. The summed E-state index contributed by atoms with van der Waals surface area (Å²) in [5.74, 6) is 0.896. The fourth-order valence-corrected chi connectivity index (χ4v) is 2.83. The van der Waals surface area contributed by atoms with Crippen LogP contribution in [0.2, 0.25) is 0 Å². The van der Waals surface area contributed by atoms with Crippen LogP contribution in [-0.4, -0.2) is 67.7 Å². The number of carbonyl (C=O) groups is 1. The molecular formula is C11H19N3O2. The van der Waals surface area contributed by atoms with Crippen LogP contribution < -0.4 is 5.73 Å². The molecule has 1 saturated carbocycles. The minimum absolute atomic E-state index is 0.157. The van der Waals surface area contributed by atoms with Crippen molar-refractivity contribution in [1.29, 1.82) is 0 Å². The van der Waals surface area contributed by atoms with Gasteiger partial charge in [0.25, 0.3) is 0 Å². The van der Waals surface area contributed by atoms with Crippen molar-refractivity contribution in [3.8, 4) is 0 Å². The maximum atomic E-state index is 11.8. The maximum absolute atomic E-state index is 11.8. The summed E-state index contributed by atoms with van der Waals surface area (Å²) in [7, 11) is 0. The second-order valence-corrected chi connectivity index (χ2v) is 5.01. The Labute approximate surface area is 95.5 Å². The first-order chi connectivity index (χ1) is 7.77. The second kappa shape index (κ2) is 3.98. The molecule has 3 unspecified atom stereocenters. The number of likely N-dealkylation sites (tertiary alicyclic amines) is 1. The predicted molar refractivity (Wildman–Crippen MR) is 58.8 cm³/mol. The number of ether oxygens (including phenoxy) is 1. The Kier molecular flexibility index (Phi) is 2.61. The largest absolute Gasteiger partial charge is 0.379 e. The second-order valence-electron chi connectivity index (χ2n) is 5.01. The number of rotatable bonds is 3. The van der Waals surface area contributed by atoms with Crippen molar-refractivity contribution in [2.45, 2.75) is 6.04 Å². The summed E-state index contributed by atoms with van der Waals surface area (Å²) < 4.78 is 5.29. The third-order valence-electron chi connectivity index (χ3n) is 4.05. The van der Waals surface area contributed by atoms with E-state index in [1.54, 1.807) is 0 Å². The van der Waals surface area contributed by atoms with Crippen LogP contribution in [0.15, 0.2) is 0 Å². The van der Waals surface area contributed by atoms with Crippen LogP contribution in [0.3, 0.4) is 0 Å². The van der Waals surface area contributed by atoms with Crippen molar-refractivity contribution in [2.75, 3.05) is 45.9 Å². The molecule has 2 saturated heterocycles. The van der Waals surface area contributed by atoms with Crippen molar-refractivity contribution in [2.24, 2.45) is 17.6 Å². The molecule has 3 rings (SSSR count). The molecule has 3 atom stereocenters. The van der Waals surface area contributed by atoms with Gasteiger partial charge in [0.05, 0.1) is 19.1 Å². The smallest absolute Gasteiger partial charge is 0.227 e. The van der Waals surface area contributed by atoms with Crippen LogP contribution in [0.4, 0.5) is 0 Å². The Morgan fingerprint density at radius 3 is 2.69 bits per heavy atom. The molecule has 0 radical (unpaired) electrons. The summed E-state index contributed by atoms with van der Waals surface area (Å²) in [4.78, 5) is 16.2. The number of amides is 1. The van der Waals surface area contributed by atoms with E-state index in [-0.39, 0.29) is 17.9 Å².